The minimum atomic E-state index is 0.545. The molecular formula is C13H15N3. The van der Waals surface area contributed by atoms with Crippen molar-refractivity contribution < 1.29 is 0 Å². The predicted molar refractivity (Wildman–Crippen MR) is 65.0 cm³/mol. The summed E-state index contributed by atoms with van der Waals surface area (Å²) in [6.07, 6.45) is 2.40. The van der Waals surface area contributed by atoms with Crippen LogP contribution in [0, 0.1) is 5.92 Å². The second kappa shape index (κ2) is 3.37. The number of hydrogen-bond acceptors (Lipinski definition) is 2. The molecule has 0 aliphatic heterocycles. The van der Waals surface area contributed by atoms with E-state index in [0.29, 0.717) is 5.82 Å². The summed E-state index contributed by atoms with van der Waals surface area (Å²) in [5, 5.41) is 6.90. The summed E-state index contributed by atoms with van der Waals surface area (Å²) in [4.78, 5) is 0. The largest absolute Gasteiger partial charge is 0.382 e. The van der Waals surface area contributed by atoms with Gasteiger partial charge in [-0.15, -0.1) is 0 Å². The van der Waals surface area contributed by atoms with E-state index in [-0.39, 0.29) is 0 Å². The van der Waals surface area contributed by atoms with Gasteiger partial charge in [-0.3, -0.25) is 5.10 Å². The monoisotopic (exact) mass is 213 g/mol. The Balaban J connectivity index is 2.02. The Hall–Kier alpha value is -1.77. The van der Waals surface area contributed by atoms with Crippen molar-refractivity contribution in [2.24, 2.45) is 5.92 Å². The predicted octanol–water partition coefficient (Wildman–Crippen LogP) is 2.39. The number of nitrogens with one attached hydrogen (secondary N) is 1. The first-order valence-electron chi connectivity index (χ1n) is 5.65. The molecule has 0 spiro atoms. The molecule has 1 aliphatic rings. The van der Waals surface area contributed by atoms with Crippen LogP contribution in [0.5, 0.6) is 0 Å². The molecule has 0 bridgehead atoms. The van der Waals surface area contributed by atoms with E-state index in [9.17, 15) is 0 Å². The summed E-state index contributed by atoms with van der Waals surface area (Å²) in [6, 6.07) is 8.50. The molecule has 0 saturated carbocycles. The van der Waals surface area contributed by atoms with E-state index in [1.807, 2.05) is 6.07 Å². The summed E-state index contributed by atoms with van der Waals surface area (Å²) in [5.41, 5.74) is 10.7. The van der Waals surface area contributed by atoms with Crippen molar-refractivity contribution in [3.8, 4) is 11.3 Å². The zero-order valence-electron chi connectivity index (χ0n) is 9.33. The smallest absolute Gasteiger partial charge is 0.145 e. The van der Waals surface area contributed by atoms with Crippen molar-refractivity contribution in [2.75, 3.05) is 5.73 Å². The van der Waals surface area contributed by atoms with Gasteiger partial charge in [0.05, 0.1) is 5.69 Å². The molecule has 1 aliphatic carbocycles. The minimum absolute atomic E-state index is 0.545. The third-order valence-corrected chi connectivity index (χ3v) is 3.25. The molecule has 2 aromatic rings. The second-order valence-electron chi connectivity index (χ2n) is 4.70. The minimum Gasteiger partial charge on any atom is -0.382 e. The molecule has 3 N–H and O–H groups in total. The van der Waals surface area contributed by atoms with Gasteiger partial charge >= 0.3 is 0 Å². The molecular weight excluding hydrogens is 198 g/mol. The molecule has 3 nitrogen and oxygen atoms in total. The maximum Gasteiger partial charge on any atom is 0.145 e. The van der Waals surface area contributed by atoms with Crippen LogP contribution in [0.3, 0.4) is 0 Å². The van der Waals surface area contributed by atoms with Crippen LogP contribution >= 0.6 is 0 Å². The Morgan fingerprint density at radius 2 is 2.06 bits per heavy atom. The maximum absolute atomic E-state index is 5.61. The molecule has 3 rings (SSSR count). The number of nitrogen functional groups attached to an aromatic ring is 1. The average molecular weight is 213 g/mol. The number of fused-ring (bicyclic) bond motifs is 1. The molecule has 0 radical (unpaired) electrons. The number of benzene rings is 1. The molecule has 0 fully saturated rings. The number of aromatic amines is 1. The van der Waals surface area contributed by atoms with E-state index in [1.54, 1.807) is 0 Å². The fourth-order valence-electron chi connectivity index (χ4n) is 2.49. The van der Waals surface area contributed by atoms with Crippen molar-refractivity contribution >= 4 is 5.82 Å². The van der Waals surface area contributed by atoms with Crippen LogP contribution in [0.2, 0.25) is 0 Å². The van der Waals surface area contributed by atoms with Crippen LogP contribution in [0.4, 0.5) is 5.82 Å². The molecule has 82 valence electrons. The Morgan fingerprint density at radius 3 is 2.81 bits per heavy atom. The topological polar surface area (TPSA) is 54.7 Å². The van der Waals surface area contributed by atoms with E-state index in [1.165, 1.54) is 29.5 Å². The molecule has 3 heteroatoms. The molecule has 1 aromatic carbocycles. The Labute approximate surface area is 94.7 Å². The van der Waals surface area contributed by atoms with Crippen molar-refractivity contribution in [3.63, 3.8) is 0 Å². The number of hydrogen-bond donors (Lipinski definition) is 2. The lowest BCUT2D eigenvalue weighted by Gasteiger charge is -2.02. The number of rotatable bonds is 1. The lowest BCUT2D eigenvalue weighted by Crippen LogP contribution is -1.89. The van der Waals surface area contributed by atoms with Gasteiger partial charge in [0.25, 0.3) is 0 Å². The molecule has 1 unspecified atom stereocenters. The van der Waals surface area contributed by atoms with E-state index in [0.717, 1.165) is 11.6 Å². The average Bonchev–Trinajstić information content (AvgIpc) is 2.81. The van der Waals surface area contributed by atoms with Crippen LogP contribution in [0.25, 0.3) is 11.3 Å². The summed E-state index contributed by atoms with van der Waals surface area (Å²) < 4.78 is 0. The summed E-state index contributed by atoms with van der Waals surface area (Å²) in [7, 11) is 0. The van der Waals surface area contributed by atoms with Gasteiger partial charge in [0.2, 0.25) is 0 Å². The summed E-state index contributed by atoms with van der Waals surface area (Å²) >= 11 is 0. The number of nitrogens with two attached hydrogens (primary N) is 1. The molecule has 1 heterocycles. The first-order chi connectivity index (χ1) is 7.72. The fraction of sp³-hybridized carbons (Fsp3) is 0.308. The van der Waals surface area contributed by atoms with Gasteiger partial charge in [-0.2, -0.15) is 5.10 Å². The van der Waals surface area contributed by atoms with Crippen LogP contribution in [-0.2, 0) is 12.8 Å². The highest BCUT2D eigenvalue weighted by molar-refractivity contribution is 5.64. The molecule has 1 atom stereocenters. The number of aromatic nitrogens is 2. The van der Waals surface area contributed by atoms with Gasteiger partial charge in [0.15, 0.2) is 0 Å². The summed E-state index contributed by atoms with van der Waals surface area (Å²) in [6.45, 7) is 2.30. The Morgan fingerprint density at radius 1 is 1.25 bits per heavy atom. The van der Waals surface area contributed by atoms with Crippen LogP contribution in [-0.4, -0.2) is 10.2 Å². The third kappa shape index (κ3) is 1.48. The van der Waals surface area contributed by atoms with Crippen LogP contribution in [0.15, 0.2) is 24.3 Å². The van der Waals surface area contributed by atoms with Gasteiger partial charge < -0.3 is 5.73 Å². The Bertz CT molecular complexity index is 528. The highest BCUT2D eigenvalue weighted by atomic mass is 15.2. The lowest BCUT2D eigenvalue weighted by molar-refractivity contribution is 0.628. The van der Waals surface area contributed by atoms with Gasteiger partial charge in [-0.05, 0) is 41.5 Å². The molecule has 0 amide bonds. The van der Waals surface area contributed by atoms with E-state index in [4.69, 9.17) is 5.73 Å². The van der Waals surface area contributed by atoms with Crippen LogP contribution < -0.4 is 5.73 Å². The van der Waals surface area contributed by atoms with Crippen molar-refractivity contribution in [1.82, 2.24) is 10.2 Å². The number of nitrogens with zero attached hydrogens (tertiary/aromatic N) is 1. The molecule has 16 heavy (non-hydrogen) atoms. The van der Waals surface area contributed by atoms with Crippen LogP contribution in [0.1, 0.15) is 18.1 Å². The summed E-state index contributed by atoms with van der Waals surface area (Å²) in [5.74, 6) is 1.32. The van der Waals surface area contributed by atoms with Gasteiger partial charge in [0.1, 0.15) is 5.82 Å². The van der Waals surface area contributed by atoms with Gasteiger partial charge in [-0.25, -0.2) is 0 Å². The van der Waals surface area contributed by atoms with Crippen molar-refractivity contribution in [2.45, 2.75) is 19.8 Å². The van der Waals surface area contributed by atoms with E-state index < -0.39 is 0 Å². The zero-order chi connectivity index (χ0) is 11.1. The number of anilines is 1. The molecule has 0 saturated heterocycles. The van der Waals surface area contributed by atoms with Crippen molar-refractivity contribution in [1.29, 1.82) is 0 Å². The highest BCUT2D eigenvalue weighted by Crippen LogP contribution is 2.30. The van der Waals surface area contributed by atoms with Crippen molar-refractivity contribution in [3.05, 3.63) is 35.4 Å². The lowest BCUT2D eigenvalue weighted by atomic mass is 10.0. The Kier molecular flexibility index (Phi) is 1.99. The first kappa shape index (κ1) is 9.46. The molecule has 1 aromatic heterocycles. The standard InChI is InChI=1S/C13H15N3/c1-8-4-9-2-3-10(6-11(9)5-8)12-7-13(14)16-15-12/h2-3,6-8H,4-5H2,1H3,(H3,14,15,16). The number of H-pyrrole nitrogens is 1. The first-order valence-corrected chi connectivity index (χ1v) is 5.65. The van der Waals surface area contributed by atoms with E-state index >= 15 is 0 Å². The third-order valence-electron chi connectivity index (χ3n) is 3.25. The van der Waals surface area contributed by atoms with Gasteiger partial charge in [-0.1, -0.05) is 19.1 Å². The maximum atomic E-state index is 5.61. The quantitative estimate of drug-likeness (QED) is 0.764. The van der Waals surface area contributed by atoms with E-state index in [2.05, 4.69) is 35.3 Å². The van der Waals surface area contributed by atoms with Gasteiger partial charge in [0, 0.05) is 6.07 Å². The highest BCUT2D eigenvalue weighted by Gasteiger charge is 2.18. The normalized spacial score (nSPS) is 18.7. The fourth-order valence-corrected chi connectivity index (χ4v) is 2.49. The second-order valence-corrected chi connectivity index (χ2v) is 4.70. The zero-order valence-corrected chi connectivity index (χ0v) is 9.33. The SMILES string of the molecule is CC1Cc2ccc(-c3cc(N)n[nH]3)cc2C1.